The number of carbonyl (C=O) groups is 2. The number of ether oxygens (including phenoxy) is 3. The van der Waals surface area contributed by atoms with E-state index in [1.165, 1.54) is 50.3 Å². The summed E-state index contributed by atoms with van der Waals surface area (Å²) < 4.78 is 31.6. The van der Waals surface area contributed by atoms with E-state index < -0.39 is 17.8 Å². The third-order valence-corrected chi connectivity index (χ3v) is 6.31. The number of esters is 2. The summed E-state index contributed by atoms with van der Waals surface area (Å²) in [6, 6.07) is 13.1. The van der Waals surface area contributed by atoms with E-state index in [0.29, 0.717) is 29.3 Å². The minimum absolute atomic E-state index is 0.0525. The molecule has 0 aliphatic heterocycles. The Morgan fingerprint density at radius 1 is 1.00 bits per heavy atom. The van der Waals surface area contributed by atoms with Crippen LogP contribution < -0.4 is 0 Å². The maximum absolute atomic E-state index is 14.3. The SMILES string of the molecule is COC(=O)c1c(-c2ccc(F)cc2COCC2CCCCC2)nn(-c2ccccc2)c1C(=O)OC. The maximum atomic E-state index is 14.3. The van der Waals surface area contributed by atoms with Crippen LogP contribution in [0.5, 0.6) is 0 Å². The van der Waals surface area contributed by atoms with Gasteiger partial charge in [-0.15, -0.1) is 0 Å². The normalized spacial score (nSPS) is 14.0. The van der Waals surface area contributed by atoms with E-state index in [-0.39, 0.29) is 23.6 Å². The van der Waals surface area contributed by atoms with Crippen LogP contribution in [0.1, 0.15) is 58.5 Å². The predicted molar refractivity (Wildman–Crippen MR) is 128 cm³/mol. The molecule has 0 saturated heterocycles. The van der Waals surface area contributed by atoms with Gasteiger partial charge in [0.2, 0.25) is 0 Å². The average Bonchev–Trinajstić information content (AvgIpc) is 3.29. The van der Waals surface area contributed by atoms with Gasteiger partial charge in [0.15, 0.2) is 5.69 Å². The Morgan fingerprint density at radius 3 is 2.40 bits per heavy atom. The first-order valence-corrected chi connectivity index (χ1v) is 11.7. The summed E-state index contributed by atoms with van der Waals surface area (Å²) in [5, 5.41) is 4.61. The smallest absolute Gasteiger partial charge is 0.357 e. The lowest BCUT2D eigenvalue weighted by Crippen LogP contribution is -2.15. The van der Waals surface area contributed by atoms with Crippen LogP contribution in [0.15, 0.2) is 48.5 Å². The van der Waals surface area contributed by atoms with Crippen molar-refractivity contribution in [2.45, 2.75) is 38.7 Å². The minimum Gasteiger partial charge on any atom is -0.465 e. The lowest BCUT2D eigenvalue weighted by atomic mass is 9.90. The van der Waals surface area contributed by atoms with Crippen LogP contribution in [0.25, 0.3) is 16.9 Å². The fourth-order valence-corrected chi connectivity index (χ4v) is 4.55. The molecule has 3 aromatic rings. The van der Waals surface area contributed by atoms with Crippen molar-refractivity contribution in [3.8, 4) is 16.9 Å². The highest BCUT2D eigenvalue weighted by Crippen LogP contribution is 2.32. The van der Waals surface area contributed by atoms with Gasteiger partial charge in [0.1, 0.15) is 17.1 Å². The van der Waals surface area contributed by atoms with E-state index in [1.807, 2.05) is 6.07 Å². The first kappa shape index (κ1) is 24.6. The zero-order chi connectivity index (χ0) is 24.8. The number of halogens is 1. The number of hydrogen-bond acceptors (Lipinski definition) is 6. The van der Waals surface area contributed by atoms with Crippen molar-refractivity contribution in [2.24, 2.45) is 5.92 Å². The number of para-hydroxylation sites is 1. The molecule has 35 heavy (non-hydrogen) atoms. The summed E-state index contributed by atoms with van der Waals surface area (Å²) >= 11 is 0. The van der Waals surface area contributed by atoms with Gasteiger partial charge in [0, 0.05) is 12.2 Å². The summed E-state index contributed by atoms with van der Waals surface area (Å²) in [6.45, 7) is 0.738. The van der Waals surface area contributed by atoms with Gasteiger partial charge in [-0.25, -0.2) is 18.7 Å². The van der Waals surface area contributed by atoms with Gasteiger partial charge in [0.25, 0.3) is 0 Å². The first-order valence-electron chi connectivity index (χ1n) is 11.7. The standard InChI is InChI=1S/C27H29FN2O5/c1-33-26(31)23-24(29-30(25(23)27(32)34-2)21-11-7-4-8-12-21)22-14-13-20(28)15-19(22)17-35-16-18-9-5-3-6-10-18/h4,7-8,11-15,18H,3,5-6,9-10,16-17H2,1-2H3. The largest absolute Gasteiger partial charge is 0.465 e. The van der Waals surface area contributed by atoms with Crippen LogP contribution in [-0.2, 0) is 20.8 Å². The summed E-state index contributed by atoms with van der Waals surface area (Å²) in [4.78, 5) is 25.7. The van der Waals surface area contributed by atoms with E-state index in [4.69, 9.17) is 14.2 Å². The van der Waals surface area contributed by atoms with Crippen LogP contribution in [0.4, 0.5) is 4.39 Å². The summed E-state index contributed by atoms with van der Waals surface area (Å²) in [5.74, 6) is -1.43. The van der Waals surface area contributed by atoms with Gasteiger partial charge < -0.3 is 14.2 Å². The molecule has 0 atom stereocenters. The Balaban J connectivity index is 1.79. The van der Waals surface area contributed by atoms with Crippen molar-refractivity contribution < 1.29 is 28.2 Å². The third-order valence-electron chi connectivity index (χ3n) is 6.31. The molecule has 0 unspecified atom stereocenters. The number of hydrogen-bond donors (Lipinski definition) is 0. The number of aromatic nitrogens is 2. The molecule has 1 aliphatic carbocycles. The fourth-order valence-electron chi connectivity index (χ4n) is 4.55. The molecule has 4 rings (SSSR count). The number of nitrogens with zero attached hydrogens (tertiary/aromatic N) is 2. The van der Waals surface area contributed by atoms with Gasteiger partial charge in [-0.1, -0.05) is 37.5 Å². The average molecular weight is 481 g/mol. The predicted octanol–water partition coefficient (Wildman–Crippen LogP) is 5.35. The topological polar surface area (TPSA) is 79.7 Å². The number of methoxy groups -OCH3 is 2. The molecular weight excluding hydrogens is 451 g/mol. The molecule has 0 amide bonds. The van der Waals surface area contributed by atoms with Crippen molar-refractivity contribution >= 4 is 11.9 Å². The molecule has 0 N–H and O–H groups in total. The Bertz CT molecular complexity index is 1190. The maximum Gasteiger partial charge on any atom is 0.357 e. The monoisotopic (exact) mass is 480 g/mol. The number of benzene rings is 2. The Labute approximate surface area is 203 Å². The van der Waals surface area contributed by atoms with E-state index >= 15 is 0 Å². The second-order valence-corrected chi connectivity index (χ2v) is 8.62. The zero-order valence-corrected chi connectivity index (χ0v) is 20.0. The van der Waals surface area contributed by atoms with Crippen molar-refractivity contribution in [2.75, 3.05) is 20.8 Å². The minimum atomic E-state index is -0.749. The van der Waals surface area contributed by atoms with Crippen LogP contribution >= 0.6 is 0 Å². The summed E-state index contributed by atoms with van der Waals surface area (Å²) in [7, 11) is 2.46. The third kappa shape index (κ3) is 5.43. The molecule has 0 spiro atoms. The van der Waals surface area contributed by atoms with Gasteiger partial charge in [0.05, 0.1) is 26.5 Å². The molecule has 184 valence electrons. The van der Waals surface area contributed by atoms with Crippen molar-refractivity contribution in [1.29, 1.82) is 0 Å². The van der Waals surface area contributed by atoms with Crippen molar-refractivity contribution in [3.63, 3.8) is 0 Å². The molecule has 8 heteroatoms. The van der Waals surface area contributed by atoms with Gasteiger partial charge >= 0.3 is 11.9 Å². The highest BCUT2D eigenvalue weighted by Gasteiger charge is 2.32. The van der Waals surface area contributed by atoms with Crippen LogP contribution in [0.3, 0.4) is 0 Å². The molecule has 0 bridgehead atoms. The molecular formula is C27H29FN2O5. The number of carbonyl (C=O) groups excluding carboxylic acids is 2. The molecule has 0 radical (unpaired) electrons. The lowest BCUT2D eigenvalue weighted by molar-refractivity contribution is 0.0549. The molecule has 1 fully saturated rings. The second-order valence-electron chi connectivity index (χ2n) is 8.62. The summed E-state index contributed by atoms with van der Waals surface area (Å²) in [6.07, 6.45) is 5.93. The highest BCUT2D eigenvalue weighted by molar-refractivity contribution is 6.07. The van der Waals surface area contributed by atoms with Gasteiger partial charge in [-0.2, -0.15) is 5.10 Å². The van der Waals surface area contributed by atoms with Gasteiger partial charge in [-0.3, -0.25) is 0 Å². The second kappa shape index (κ2) is 11.3. The van der Waals surface area contributed by atoms with Crippen LogP contribution in [0, 0.1) is 11.7 Å². The molecule has 1 saturated carbocycles. The first-order chi connectivity index (χ1) is 17.0. The van der Waals surface area contributed by atoms with Crippen molar-refractivity contribution in [1.82, 2.24) is 9.78 Å². The van der Waals surface area contributed by atoms with Crippen LogP contribution in [0.2, 0.25) is 0 Å². The molecule has 7 nitrogen and oxygen atoms in total. The van der Waals surface area contributed by atoms with E-state index in [2.05, 4.69) is 5.10 Å². The Kier molecular flexibility index (Phi) is 7.92. The molecule has 2 aromatic carbocycles. The van der Waals surface area contributed by atoms with E-state index in [0.717, 1.165) is 12.8 Å². The quantitative estimate of drug-likeness (QED) is 0.405. The van der Waals surface area contributed by atoms with E-state index in [1.54, 1.807) is 30.3 Å². The van der Waals surface area contributed by atoms with Gasteiger partial charge in [-0.05, 0) is 54.7 Å². The fraction of sp³-hybridized carbons (Fsp3) is 0.370. The Morgan fingerprint density at radius 2 is 1.71 bits per heavy atom. The van der Waals surface area contributed by atoms with Crippen molar-refractivity contribution in [3.05, 3.63) is 71.2 Å². The van der Waals surface area contributed by atoms with Crippen LogP contribution in [-0.4, -0.2) is 42.5 Å². The molecule has 1 heterocycles. The summed E-state index contributed by atoms with van der Waals surface area (Å²) in [5.41, 5.74) is 1.64. The number of rotatable bonds is 8. The zero-order valence-electron chi connectivity index (χ0n) is 20.0. The highest BCUT2D eigenvalue weighted by atomic mass is 19.1. The Hall–Kier alpha value is -3.52. The molecule has 1 aromatic heterocycles. The van der Waals surface area contributed by atoms with E-state index in [9.17, 15) is 14.0 Å². The lowest BCUT2D eigenvalue weighted by Gasteiger charge is -2.21. The molecule has 1 aliphatic rings.